The van der Waals surface area contributed by atoms with Crippen molar-refractivity contribution in [2.75, 3.05) is 9.80 Å². The Balaban J connectivity index is 0.922. The monoisotopic (exact) mass is 1200 g/mol. The number of rotatable bonds is 8. The lowest BCUT2D eigenvalue weighted by atomic mass is 9.65. The summed E-state index contributed by atoms with van der Waals surface area (Å²) >= 11 is 0. The summed E-state index contributed by atoms with van der Waals surface area (Å²) in [6.45, 7) is 4.37. The second-order valence-electron chi connectivity index (χ2n) is 25.7. The van der Waals surface area contributed by atoms with Crippen LogP contribution in [-0.2, 0) is 5.41 Å². The van der Waals surface area contributed by atoms with E-state index in [0.717, 1.165) is 56.5 Å². The van der Waals surface area contributed by atoms with Crippen molar-refractivity contribution >= 4 is 121 Å². The zero-order chi connectivity index (χ0) is 61.9. The normalized spacial score (nSPS) is 12.9. The van der Waals surface area contributed by atoms with Crippen molar-refractivity contribution in [1.29, 1.82) is 0 Å². The molecule has 0 saturated carbocycles. The van der Waals surface area contributed by atoms with E-state index in [0.29, 0.717) is 0 Å². The van der Waals surface area contributed by atoms with Gasteiger partial charge in [0.15, 0.2) is 0 Å². The standard InChI is InChI=1S/C89H59N5/c1-56-40-44-60(45-41-56)90(62-48-50-81-72(52-62)67-29-14-17-36-78(67)92(81)58-22-5-3-6-23-58)84-54-76-86(69-31-11-9-26-64(69)84)87-70-32-12-10-27-65(70)85(55-77(87)89(76)74-34-16-20-39-83(74)94-80-38-19-13-28-66(80)71-33-21-35-75(89)88(71)94)91(61-46-42-57(2)43-47-61)63-49-51-82-73(53-63)68-30-15-18-37-79(68)93(82)59-24-7-4-8-25-59/h3-55H,1-2H3. The largest absolute Gasteiger partial charge is 0.310 e. The van der Waals surface area contributed by atoms with Crippen molar-refractivity contribution in [3.05, 3.63) is 355 Å². The van der Waals surface area contributed by atoms with Crippen molar-refractivity contribution in [2.24, 2.45) is 0 Å². The van der Waals surface area contributed by atoms with Gasteiger partial charge in [0.05, 0.1) is 55.6 Å². The molecule has 94 heavy (non-hydrogen) atoms. The summed E-state index contributed by atoms with van der Waals surface area (Å²) in [5, 5.41) is 12.1. The molecule has 440 valence electrons. The number of nitrogens with zero attached hydrogens (tertiary/aromatic N) is 5. The molecule has 0 N–H and O–H groups in total. The molecule has 5 nitrogen and oxygen atoms in total. The highest BCUT2D eigenvalue weighted by molar-refractivity contribution is 6.21. The van der Waals surface area contributed by atoms with Gasteiger partial charge in [0, 0.05) is 77.2 Å². The van der Waals surface area contributed by atoms with Gasteiger partial charge in [0.2, 0.25) is 0 Å². The summed E-state index contributed by atoms with van der Waals surface area (Å²) in [5.74, 6) is 0. The van der Waals surface area contributed by atoms with Crippen LogP contribution in [0.4, 0.5) is 34.1 Å². The summed E-state index contributed by atoms with van der Waals surface area (Å²) in [4.78, 5) is 5.10. The first-order valence-corrected chi connectivity index (χ1v) is 32.7. The summed E-state index contributed by atoms with van der Waals surface area (Å²) in [6.07, 6.45) is 0. The van der Waals surface area contributed by atoms with Crippen LogP contribution in [0.1, 0.15) is 33.4 Å². The molecular formula is C89H59N5. The van der Waals surface area contributed by atoms with Gasteiger partial charge in [-0.3, -0.25) is 0 Å². The average Bonchev–Trinajstić information content (AvgIpc) is 1.47. The predicted molar refractivity (Wildman–Crippen MR) is 394 cm³/mol. The van der Waals surface area contributed by atoms with Crippen LogP contribution in [-0.4, -0.2) is 13.7 Å². The Hall–Kier alpha value is -12.2. The highest BCUT2D eigenvalue weighted by atomic mass is 15.2. The molecule has 1 spiro atoms. The minimum absolute atomic E-state index is 0.860. The molecular weight excluding hydrogens is 1140 g/mol. The first-order valence-electron chi connectivity index (χ1n) is 32.7. The molecule has 15 aromatic carbocycles. The molecule has 0 amide bonds. The van der Waals surface area contributed by atoms with Gasteiger partial charge in [-0.25, -0.2) is 0 Å². The quantitative estimate of drug-likeness (QED) is 0.151. The number of aromatic nitrogens is 3. The maximum Gasteiger partial charge on any atom is 0.0756 e. The number of hydrogen-bond acceptors (Lipinski definition) is 2. The lowest BCUT2D eigenvalue weighted by Crippen LogP contribution is -2.34. The first-order chi connectivity index (χ1) is 46.5. The molecule has 0 radical (unpaired) electrons. The zero-order valence-corrected chi connectivity index (χ0v) is 51.8. The van der Waals surface area contributed by atoms with Crippen LogP contribution < -0.4 is 9.80 Å². The smallest absolute Gasteiger partial charge is 0.0756 e. The summed E-state index contributed by atoms with van der Waals surface area (Å²) in [7, 11) is 0. The van der Waals surface area contributed by atoms with Crippen molar-refractivity contribution < 1.29 is 0 Å². The number of fused-ring (bicyclic) bond motifs is 22. The van der Waals surface area contributed by atoms with Crippen LogP contribution in [0.5, 0.6) is 0 Å². The molecule has 2 aliphatic rings. The number of benzene rings is 15. The van der Waals surface area contributed by atoms with Crippen LogP contribution in [0.15, 0.2) is 322 Å². The van der Waals surface area contributed by atoms with E-state index >= 15 is 0 Å². The molecule has 0 saturated heterocycles. The van der Waals surface area contributed by atoms with E-state index in [4.69, 9.17) is 0 Å². The minimum atomic E-state index is -0.860. The van der Waals surface area contributed by atoms with Crippen molar-refractivity contribution in [3.8, 4) is 28.2 Å². The SMILES string of the molecule is Cc1ccc(N(c2ccc3c(c2)c2ccccc2n3-c2ccccc2)c2cc3c(c4ccccc24)-c2c(cc(N(c4ccc(C)cc4)c4ccc5c(c4)c4ccccc4n5-c4ccccc4)c4ccccc24)C32c3ccccc3-n3c4ccccc4c4cccc2c43)cc1. The number of hydrogen-bond donors (Lipinski definition) is 0. The summed E-state index contributed by atoms with van der Waals surface area (Å²) < 4.78 is 7.40. The first kappa shape index (κ1) is 52.6. The van der Waals surface area contributed by atoms with E-state index < -0.39 is 5.41 Å². The lowest BCUT2D eigenvalue weighted by molar-refractivity contribution is 0.749. The van der Waals surface area contributed by atoms with Gasteiger partial charge in [0.25, 0.3) is 0 Å². The Morgan fingerprint density at radius 2 is 0.606 bits per heavy atom. The lowest BCUT2D eigenvalue weighted by Gasteiger charge is -2.40. The topological polar surface area (TPSA) is 21.3 Å². The highest BCUT2D eigenvalue weighted by Gasteiger charge is 2.53. The molecule has 1 aliphatic heterocycles. The van der Waals surface area contributed by atoms with Gasteiger partial charge >= 0.3 is 0 Å². The van der Waals surface area contributed by atoms with E-state index in [1.807, 2.05) is 0 Å². The maximum absolute atomic E-state index is 2.62. The average molecular weight is 1200 g/mol. The van der Waals surface area contributed by atoms with Crippen molar-refractivity contribution in [3.63, 3.8) is 0 Å². The Morgan fingerprint density at radius 1 is 0.245 bits per heavy atom. The van der Waals surface area contributed by atoms with Crippen LogP contribution in [0.3, 0.4) is 0 Å². The van der Waals surface area contributed by atoms with Crippen LogP contribution in [0.2, 0.25) is 0 Å². The van der Waals surface area contributed by atoms with E-state index in [-0.39, 0.29) is 0 Å². The second-order valence-corrected chi connectivity index (χ2v) is 25.7. The van der Waals surface area contributed by atoms with Crippen molar-refractivity contribution in [2.45, 2.75) is 19.3 Å². The fourth-order valence-corrected chi connectivity index (χ4v) is 16.8. The fraction of sp³-hybridized carbons (Fsp3) is 0.0337. The van der Waals surface area contributed by atoms with Gasteiger partial charge < -0.3 is 23.5 Å². The van der Waals surface area contributed by atoms with Gasteiger partial charge in [-0.2, -0.15) is 0 Å². The molecule has 0 unspecified atom stereocenters. The zero-order valence-electron chi connectivity index (χ0n) is 51.8. The highest BCUT2D eigenvalue weighted by Crippen LogP contribution is 2.66. The van der Waals surface area contributed by atoms with Crippen LogP contribution in [0.25, 0.3) is 115 Å². The molecule has 4 heterocycles. The molecule has 18 aromatic rings. The van der Waals surface area contributed by atoms with Crippen LogP contribution in [0, 0.1) is 13.8 Å². The van der Waals surface area contributed by atoms with E-state index in [1.165, 1.54) is 126 Å². The summed E-state index contributed by atoms with van der Waals surface area (Å²) in [5.41, 5.74) is 26.2. The second kappa shape index (κ2) is 19.9. The van der Waals surface area contributed by atoms with E-state index in [2.05, 4.69) is 359 Å². The van der Waals surface area contributed by atoms with Gasteiger partial charge in [-0.15, -0.1) is 0 Å². The number of para-hydroxylation sites is 7. The third-order valence-electron chi connectivity index (χ3n) is 20.7. The molecule has 1 aliphatic carbocycles. The Morgan fingerprint density at radius 3 is 1.10 bits per heavy atom. The third-order valence-corrected chi connectivity index (χ3v) is 20.7. The minimum Gasteiger partial charge on any atom is -0.310 e. The molecule has 0 fully saturated rings. The fourth-order valence-electron chi connectivity index (χ4n) is 16.8. The molecule has 0 bridgehead atoms. The Kier molecular flexibility index (Phi) is 11.1. The van der Waals surface area contributed by atoms with E-state index in [9.17, 15) is 0 Å². The number of aryl methyl sites for hydroxylation is 2. The number of anilines is 6. The van der Waals surface area contributed by atoms with Crippen molar-refractivity contribution in [1.82, 2.24) is 13.7 Å². The molecule has 3 aromatic heterocycles. The molecule has 5 heteroatoms. The van der Waals surface area contributed by atoms with Crippen LogP contribution >= 0.6 is 0 Å². The predicted octanol–water partition coefficient (Wildman–Crippen LogP) is 23.5. The van der Waals surface area contributed by atoms with E-state index in [1.54, 1.807) is 0 Å². The maximum atomic E-state index is 2.62. The van der Waals surface area contributed by atoms with Gasteiger partial charge in [-0.1, -0.05) is 211 Å². The summed E-state index contributed by atoms with van der Waals surface area (Å²) in [6, 6.07) is 121. The van der Waals surface area contributed by atoms with Gasteiger partial charge in [0.1, 0.15) is 0 Å². The Labute approximate surface area is 543 Å². The third kappa shape index (κ3) is 7.23. The molecule has 20 rings (SSSR count). The molecule has 0 atom stereocenters. The Bertz CT molecular complexity index is 5890. The van der Waals surface area contributed by atoms with Gasteiger partial charge in [-0.05, 0) is 179 Å².